The summed E-state index contributed by atoms with van der Waals surface area (Å²) in [5, 5.41) is 4.30. The lowest BCUT2D eigenvalue weighted by molar-refractivity contribution is 0.0954. The van der Waals surface area contributed by atoms with E-state index in [1.54, 1.807) is 24.3 Å². The third kappa shape index (κ3) is 5.75. The molecule has 3 aromatic carbocycles. The van der Waals surface area contributed by atoms with Crippen molar-refractivity contribution in [3.63, 3.8) is 0 Å². The van der Waals surface area contributed by atoms with Crippen molar-refractivity contribution in [3.05, 3.63) is 99.5 Å². The van der Waals surface area contributed by atoms with Gasteiger partial charge >= 0.3 is 0 Å². The lowest BCUT2D eigenvalue weighted by Crippen LogP contribution is -2.25. The van der Waals surface area contributed by atoms with E-state index in [0.29, 0.717) is 34.5 Å². The van der Waals surface area contributed by atoms with Crippen LogP contribution in [-0.4, -0.2) is 12.5 Å². The Bertz CT molecular complexity index is 893. The van der Waals surface area contributed by atoms with Gasteiger partial charge in [-0.15, -0.1) is 0 Å². The maximum Gasteiger partial charge on any atom is 0.251 e. The van der Waals surface area contributed by atoms with Crippen molar-refractivity contribution in [2.75, 3.05) is 6.54 Å². The molecule has 3 aromatic rings. The maximum absolute atomic E-state index is 12.2. The SMILES string of the molecule is O=C(NCCc1ccc(Cl)cc1)c1ccc(OCc2ccccc2Cl)cc1. The number of benzene rings is 3. The number of hydrogen-bond acceptors (Lipinski definition) is 2. The van der Waals surface area contributed by atoms with E-state index < -0.39 is 0 Å². The van der Waals surface area contributed by atoms with Gasteiger partial charge in [-0.3, -0.25) is 4.79 Å². The second kappa shape index (κ2) is 9.45. The van der Waals surface area contributed by atoms with Crippen molar-refractivity contribution >= 4 is 29.1 Å². The zero-order valence-corrected chi connectivity index (χ0v) is 16.1. The van der Waals surface area contributed by atoms with Crippen molar-refractivity contribution < 1.29 is 9.53 Å². The summed E-state index contributed by atoms with van der Waals surface area (Å²) in [6.45, 7) is 0.942. The fourth-order valence-corrected chi connectivity index (χ4v) is 2.87. The zero-order chi connectivity index (χ0) is 19.1. The van der Waals surface area contributed by atoms with Crippen molar-refractivity contribution in [1.82, 2.24) is 5.32 Å². The number of rotatable bonds is 7. The van der Waals surface area contributed by atoms with Crippen molar-refractivity contribution in [2.24, 2.45) is 0 Å². The smallest absolute Gasteiger partial charge is 0.251 e. The highest BCUT2D eigenvalue weighted by Crippen LogP contribution is 2.19. The van der Waals surface area contributed by atoms with Crippen molar-refractivity contribution in [3.8, 4) is 5.75 Å². The van der Waals surface area contributed by atoms with E-state index in [1.807, 2.05) is 48.5 Å². The maximum atomic E-state index is 12.2. The van der Waals surface area contributed by atoms with Gasteiger partial charge in [0.1, 0.15) is 12.4 Å². The van der Waals surface area contributed by atoms with E-state index in [1.165, 1.54) is 0 Å². The molecule has 0 bridgehead atoms. The Balaban J connectivity index is 1.48. The Kier molecular flexibility index (Phi) is 6.74. The molecule has 0 atom stereocenters. The molecule has 3 nitrogen and oxygen atoms in total. The van der Waals surface area contributed by atoms with E-state index >= 15 is 0 Å². The standard InChI is InChI=1S/C22H19Cl2NO2/c23-19-9-5-16(6-10-19)13-14-25-22(26)17-7-11-20(12-8-17)27-15-18-3-1-2-4-21(18)24/h1-12H,13-15H2,(H,25,26). The fourth-order valence-electron chi connectivity index (χ4n) is 2.55. The molecule has 27 heavy (non-hydrogen) atoms. The van der Waals surface area contributed by atoms with Gasteiger partial charge in [-0.25, -0.2) is 0 Å². The summed E-state index contributed by atoms with van der Waals surface area (Å²) in [6.07, 6.45) is 0.752. The molecule has 0 aromatic heterocycles. The number of halogens is 2. The average Bonchev–Trinajstić information content (AvgIpc) is 2.69. The van der Waals surface area contributed by atoms with Crippen LogP contribution >= 0.6 is 23.2 Å². The molecule has 0 saturated carbocycles. The van der Waals surface area contributed by atoms with E-state index in [0.717, 1.165) is 17.5 Å². The minimum absolute atomic E-state index is 0.110. The molecule has 0 aliphatic heterocycles. The van der Waals surface area contributed by atoms with E-state index in [2.05, 4.69) is 5.32 Å². The Hall–Kier alpha value is -2.49. The highest BCUT2D eigenvalue weighted by atomic mass is 35.5. The summed E-state index contributed by atoms with van der Waals surface area (Å²) < 4.78 is 5.73. The molecule has 1 N–H and O–H groups in total. The molecule has 0 radical (unpaired) electrons. The van der Waals surface area contributed by atoms with Crippen molar-refractivity contribution in [2.45, 2.75) is 13.0 Å². The quantitative estimate of drug-likeness (QED) is 0.565. The van der Waals surface area contributed by atoms with Gasteiger partial charge in [0.2, 0.25) is 0 Å². The predicted molar refractivity (Wildman–Crippen MR) is 110 cm³/mol. The Morgan fingerprint density at radius 3 is 2.30 bits per heavy atom. The third-order valence-corrected chi connectivity index (χ3v) is 4.70. The summed E-state index contributed by atoms with van der Waals surface area (Å²) in [5.41, 5.74) is 2.64. The van der Waals surface area contributed by atoms with Crippen LogP contribution in [0.15, 0.2) is 72.8 Å². The lowest BCUT2D eigenvalue weighted by Gasteiger charge is -2.09. The van der Waals surface area contributed by atoms with Gasteiger partial charge in [0.15, 0.2) is 0 Å². The first-order chi connectivity index (χ1) is 13.1. The van der Waals surface area contributed by atoms with Crippen LogP contribution in [0.3, 0.4) is 0 Å². The van der Waals surface area contributed by atoms with Gasteiger partial charge in [0.05, 0.1) is 0 Å². The molecule has 0 unspecified atom stereocenters. The average molecular weight is 400 g/mol. The summed E-state index contributed by atoms with van der Waals surface area (Å²) in [4.78, 5) is 12.2. The third-order valence-electron chi connectivity index (χ3n) is 4.08. The Morgan fingerprint density at radius 2 is 1.59 bits per heavy atom. The minimum Gasteiger partial charge on any atom is -0.489 e. The normalized spacial score (nSPS) is 10.4. The van der Waals surface area contributed by atoms with Gasteiger partial charge in [-0.1, -0.05) is 53.5 Å². The van der Waals surface area contributed by atoms with E-state index in [-0.39, 0.29) is 5.91 Å². The van der Waals surface area contributed by atoms with Crippen LogP contribution in [0.4, 0.5) is 0 Å². The second-order valence-electron chi connectivity index (χ2n) is 6.04. The highest BCUT2D eigenvalue weighted by molar-refractivity contribution is 6.31. The molecule has 138 valence electrons. The van der Waals surface area contributed by atoms with Crippen LogP contribution in [0.2, 0.25) is 10.0 Å². The largest absolute Gasteiger partial charge is 0.489 e. The van der Waals surface area contributed by atoms with Gasteiger partial charge in [-0.05, 0) is 54.4 Å². The van der Waals surface area contributed by atoms with Crippen LogP contribution in [0.1, 0.15) is 21.5 Å². The highest BCUT2D eigenvalue weighted by Gasteiger charge is 2.06. The van der Waals surface area contributed by atoms with Crippen LogP contribution in [0.5, 0.6) is 5.75 Å². The number of carbonyl (C=O) groups is 1. The minimum atomic E-state index is -0.110. The summed E-state index contributed by atoms with van der Waals surface area (Å²) in [7, 11) is 0. The van der Waals surface area contributed by atoms with Crippen molar-refractivity contribution in [1.29, 1.82) is 0 Å². The van der Waals surface area contributed by atoms with Crippen LogP contribution < -0.4 is 10.1 Å². The number of nitrogens with one attached hydrogen (secondary N) is 1. The van der Waals surface area contributed by atoms with E-state index in [9.17, 15) is 4.79 Å². The summed E-state index contributed by atoms with van der Waals surface area (Å²) in [5.74, 6) is 0.578. The van der Waals surface area contributed by atoms with E-state index in [4.69, 9.17) is 27.9 Å². The molecule has 0 fully saturated rings. The van der Waals surface area contributed by atoms with Gasteiger partial charge in [0.25, 0.3) is 5.91 Å². The van der Waals surface area contributed by atoms with Crippen LogP contribution in [0.25, 0.3) is 0 Å². The van der Waals surface area contributed by atoms with Gasteiger partial charge in [-0.2, -0.15) is 0 Å². The molecular weight excluding hydrogens is 381 g/mol. The van der Waals surface area contributed by atoms with Gasteiger partial charge in [0, 0.05) is 27.7 Å². The number of hydrogen-bond donors (Lipinski definition) is 1. The Morgan fingerprint density at radius 1 is 0.889 bits per heavy atom. The lowest BCUT2D eigenvalue weighted by atomic mass is 10.1. The summed E-state index contributed by atoms with van der Waals surface area (Å²) in [6, 6.07) is 22.2. The zero-order valence-electron chi connectivity index (χ0n) is 14.6. The van der Waals surface area contributed by atoms with Gasteiger partial charge < -0.3 is 10.1 Å². The van der Waals surface area contributed by atoms with Crippen LogP contribution in [-0.2, 0) is 13.0 Å². The predicted octanol–water partition coefficient (Wildman–Crippen LogP) is 5.54. The summed E-state index contributed by atoms with van der Waals surface area (Å²) >= 11 is 12.0. The molecule has 3 rings (SSSR count). The topological polar surface area (TPSA) is 38.3 Å². The molecule has 0 saturated heterocycles. The molecule has 0 aliphatic rings. The molecule has 5 heteroatoms. The molecule has 0 spiro atoms. The molecule has 0 heterocycles. The first-order valence-electron chi connectivity index (χ1n) is 8.61. The Labute approximate surface area is 168 Å². The number of amides is 1. The number of carbonyl (C=O) groups excluding carboxylic acids is 1. The van der Waals surface area contributed by atoms with Crippen LogP contribution in [0, 0.1) is 0 Å². The molecule has 0 aliphatic carbocycles. The first kappa shape index (κ1) is 19.3. The second-order valence-corrected chi connectivity index (χ2v) is 6.88. The monoisotopic (exact) mass is 399 g/mol. The first-order valence-corrected chi connectivity index (χ1v) is 9.36. The number of ether oxygens (including phenoxy) is 1. The fraction of sp³-hybridized carbons (Fsp3) is 0.136. The molecule has 1 amide bonds. The molecular formula is C22H19Cl2NO2.